The maximum Gasteiger partial charge on any atom is 0.239 e. The summed E-state index contributed by atoms with van der Waals surface area (Å²) < 4.78 is 9.81. The van der Waals surface area contributed by atoms with Crippen molar-refractivity contribution in [2.75, 3.05) is 50.8 Å². The molecule has 5 heterocycles. The quantitative estimate of drug-likeness (QED) is 0.410. The maximum absolute atomic E-state index is 10.6. The summed E-state index contributed by atoms with van der Waals surface area (Å²) in [5, 5.41) is 10.6. The highest BCUT2D eigenvalue weighted by Crippen LogP contribution is 2.30. The van der Waals surface area contributed by atoms with Gasteiger partial charge in [0.15, 0.2) is 17.0 Å². The zero-order valence-electron chi connectivity index (χ0n) is 22.2. The Hall–Kier alpha value is -3.08. The van der Waals surface area contributed by atoms with Gasteiger partial charge in [-0.25, -0.2) is 9.97 Å². The molecule has 196 valence electrons. The van der Waals surface area contributed by atoms with E-state index in [0.29, 0.717) is 32.3 Å². The van der Waals surface area contributed by atoms with Crippen molar-refractivity contribution in [2.24, 2.45) is 13.0 Å². The van der Waals surface area contributed by atoms with Gasteiger partial charge in [-0.3, -0.25) is 9.47 Å². The molecule has 0 aliphatic carbocycles. The molecule has 4 aromatic rings. The minimum atomic E-state index is -0.569. The smallest absolute Gasteiger partial charge is 0.239 e. The number of ether oxygens (including phenoxy) is 1. The maximum atomic E-state index is 10.6. The summed E-state index contributed by atoms with van der Waals surface area (Å²) in [6, 6.07) is 8.14. The highest BCUT2D eigenvalue weighted by Gasteiger charge is 2.43. The van der Waals surface area contributed by atoms with Crippen LogP contribution in [0.2, 0.25) is 0 Å². The lowest BCUT2D eigenvalue weighted by atomic mass is 9.83. The van der Waals surface area contributed by atoms with Crippen LogP contribution in [-0.4, -0.2) is 90.6 Å². The Morgan fingerprint density at radius 3 is 2.51 bits per heavy atom. The summed E-state index contributed by atoms with van der Waals surface area (Å²) in [5.41, 5.74) is 3.03. The highest BCUT2D eigenvalue weighted by molar-refractivity contribution is 5.86. The molecule has 0 atom stereocenters. The lowest BCUT2D eigenvalue weighted by Gasteiger charge is -2.49. The molecule has 0 spiro atoms. The molecule has 10 heteroatoms. The molecule has 3 aromatic heterocycles. The number of benzene rings is 1. The van der Waals surface area contributed by atoms with Gasteiger partial charge in [-0.2, -0.15) is 9.97 Å². The van der Waals surface area contributed by atoms with Crippen molar-refractivity contribution in [3.8, 4) is 5.95 Å². The third-order valence-electron chi connectivity index (χ3n) is 7.96. The zero-order valence-corrected chi connectivity index (χ0v) is 22.2. The molecule has 1 aromatic carbocycles. The number of rotatable bonds is 7. The van der Waals surface area contributed by atoms with Crippen molar-refractivity contribution < 1.29 is 9.84 Å². The van der Waals surface area contributed by atoms with Crippen LogP contribution in [0.3, 0.4) is 0 Å². The van der Waals surface area contributed by atoms with E-state index in [1.807, 2.05) is 25.2 Å². The molecule has 2 saturated heterocycles. The zero-order chi connectivity index (χ0) is 25.7. The van der Waals surface area contributed by atoms with Gasteiger partial charge in [0.2, 0.25) is 5.95 Å². The van der Waals surface area contributed by atoms with Crippen LogP contribution in [0.15, 0.2) is 24.3 Å². The molecule has 6 rings (SSSR count). The van der Waals surface area contributed by atoms with E-state index in [0.717, 1.165) is 72.1 Å². The van der Waals surface area contributed by atoms with Crippen LogP contribution in [0.4, 0.5) is 5.82 Å². The first-order chi connectivity index (χ1) is 17.9. The molecule has 2 aliphatic rings. The predicted octanol–water partition coefficient (Wildman–Crippen LogP) is 2.35. The Morgan fingerprint density at radius 2 is 1.78 bits per heavy atom. The molecule has 0 unspecified atom stereocenters. The Kier molecular flexibility index (Phi) is 6.13. The van der Waals surface area contributed by atoms with Crippen LogP contribution in [0.5, 0.6) is 0 Å². The van der Waals surface area contributed by atoms with Gasteiger partial charge >= 0.3 is 0 Å². The van der Waals surface area contributed by atoms with Crippen LogP contribution in [0.1, 0.15) is 32.4 Å². The summed E-state index contributed by atoms with van der Waals surface area (Å²) in [7, 11) is 2.04. The van der Waals surface area contributed by atoms with E-state index in [-0.39, 0.29) is 5.92 Å². The largest absolute Gasteiger partial charge is 0.387 e. The van der Waals surface area contributed by atoms with E-state index < -0.39 is 5.60 Å². The number of para-hydroxylation sites is 2. The second-order valence-electron chi connectivity index (χ2n) is 10.6. The highest BCUT2D eigenvalue weighted by atomic mass is 16.5. The Morgan fingerprint density at radius 1 is 1.03 bits per heavy atom. The first-order valence-corrected chi connectivity index (χ1v) is 13.4. The first kappa shape index (κ1) is 24.3. The molecule has 2 fully saturated rings. The number of imidazole rings is 2. The fourth-order valence-electron chi connectivity index (χ4n) is 5.45. The standard InChI is InChI=1S/C27H36N8O2/c1-5-21-28-19-8-6-7-9-20(19)35(21)26-30-24-23(25(31-26)34-12-14-37-15-13-34)29-22(32(24)4)10-11-33-16-27(36,17-33)18(2)3/h6-9,18,36H,5,10-17H2,1-4H3. The number of hydrogen-bond acceptors (Lipinski definition) is 8. The third kappa shape index (κ3) is 4.17. The fraction of sp³-hybridized carbons (Fsp3) is 0.556. The van der Waals surface area contributed by atoms with Gasteiger partial charge < -0.3 is 19.3 Å². The van der Waals surface area contributed by atoms with Crippen molar-refractivity contribution in [1.29, 1.82) is 0 Å². The van der Waals surface area contributed by atoms with Gasteiger partial charge in [-0.15, -0.1) is 0 Å². The van der Waals surface area contributed by atoms with Gasteiger partial charge in [0.05, 0.1) is 29.8 Å². The summed E-state index contributed by atoms with van der Waals surface area (Å²) in [6.45, 7) is 11.4. The number of anilines is 1. The normalized spacial score (nSPS) is 18.3. The second kappa shape index (κ2) is 9.34. The van der Waals surface area contributed by atoms with E-state index in [9.17, 15) is 5.11 Å². The number of fused-ring (bicyclic) bond motifs is 2. The second-order valence-corrected chi connectivity index (χ2v) is 10.6. The van der Waals surface area contributed by atoms with E-state index in [4.69, 9.17) is 24.7 Å². The Labute approximate surface area is 216 Å². The Bertz CT molecular complexity index is 1430. The van der Waals surface area contributed by atoms with Crippen molar-refractivity contribution in [3.63, 3.8) is 0 Å². The molecule has 0 amide bonds. The summed E-state index contributed by atoms with van der Waals surface area (Å²) in [5.74, 6) is 3.65. The van der Waals surface area contributed by atoms with Crippen molar-refractivity contribution in [1.82, 2.24) is 34.0 Å². The topological polar surface area (TPSA) is 97.4 Å². The lowest BCUT2D eigenvalue weighted by molar-refractivity contribution is -0.126. The molecule has 37 heavy (non-hydrogen) atoms. The van der Waals surface area contributed by atoms with Crippen LogP contribution >= 0.6 is 0 Å². The third-order valence-corrected chi connectivity index (χ3v) is 7.96. The number of aliphatic hydroxyl groups is 1. The number of morpholine rings is 1. The number of hydrogen-bond donors (Lipinski definition) is 1. The minimum absolute atomic E-state index is 0.261. The predicted molar refractivity (Wildman–Crippen MR) is 143 cm³/mol. The van der Waals surface area contributed by atoms with Crippen molar-refractivity contribution in [3.05, 3.63) is 35.9 Å². The number of nitrogens with zero attached hydrogens (tertiary/aromatic N) is 8. The molecule has 0 bridgehead atoms. The van der Waals surface area contributed by atoms with Crippen LogP contribution < -0.4 is 4.90 Å². The van der Waals surface area contributed by atoms with Gasteiger partial charge in [0, 0.05) is 52.6 Å². The number of likely N-dealkylation sites (tertiary alicyclic amines) is 1. The number of aryl methyl sites for hydroxylation is 2. The van der Waals surface area contributed by atoms with Crippen molar-refractivity contribution >= 4 is 28.0 Å². The van der Waals surface area contributed by atoms with E-state index >= 15 is 0 Å². The van der Waals surface area contributed by atoms with Gasteiger partial charge in [-0.1, -0.05) is 32.9 Å². The molecule has 10 nitrogen and oxygen atoms in total. The van der Waals surface area contributed by atoms with Crippen LogP contribution in [0.25, 0.3) is 28.1 Å². The van der Waals surface area contributed by atoms with Gasteiger partial charge in [0.1, 0.15) is 11.6 Å². The number of β-amino-alcohol motifs (C(OH)–C–C–N with tert-alkyl or cyclic N) is 1. The lowest BCUT2D eigenvalue weighted by Crippen LogP contribution is -2.64. The van der Waals surface area contributed by atoms with Gasteiger partial charge in [-0.05, 0) is 18.1 Å². The number of aromatic nitrogens is 6. The van der Waals surface area contributed by atoms with E-state index in [1.54, 1.807) is 0 Å². The van der Waals surface area contributed by atoms with Crippen molar-refractivity contribution in [2.45, 2.75) is 39.2 Å². The molecular weight excluding hydrogens is 468 g/mol. The summed E-state index contributed by atoms with van der Waals surface area (Å²) in [4.78, 5) is 24.6. The van der Waals surface area contributed by atoms with Crippen LogP contribution in [-0.2, 0) is 24.6 Å². The summed E-state index contributed by atoms with van der Waals surface area (Å²) >= 11 is 0. The molecule has 0 saturated carbocycles. The molecular formula is C27H36N8O2. The van der Waals surface area contributed by atoms with Crippen LogP contribution in [0, 0.1) is 5.92 Å². The van der Waals surface area contributed by atoms with Gasteiger partial charge in [0.25, 0.3) is 0 Å². The average Bonchev–Trinajstić information content (AvgIpc) is 3.43. The first-order valence-electron chi connectivity index (χ1n) is 13.4. The van der Waals surface area contributed by atoms with E-state index in [1.165, 1.54) is 0 Å². The molecule has 2 aliphatic heterocycles. The Balaban J connectivity index is 1.41. The molecule has 0 radical (unpaired) electrons. The molecule has 1 N–H and O–H groups in total. The minimum Gasteiger partial charge on any atom is -0.387 e. The monoisotopic (exact) mass is 504 g/mol. The van der Waals surface area contributed by atoms with E-state index in [2.05, 4.69) is 45.8 Å². The summed E-state index contributed by atoms with van der Waals surface area (Å²) in [6.07, 6.45) is 1.56. The fourth-order valence-corrected chi connectivity index (χ4v) is 5.45. The SMILES string of the molecule is CCc1nc2ccccc2n1-c1nc(N2CCOCC2)c2nc(CCN3CC(O)(C(C)C)C3)n(C)c2n1. The average molecular weight is 505 g/mol.